The van der Waals surface area contributed by atoms with Crippen LogP contribution >= 0.6 is 11.6 Å². The highest BCUT2D eigenvalue weighted by Crippen LogP contribution is 2.28. The molecule has 0 aliphatic heterocycles. The second-order valence-corrected chi connectivity index (χ2v) is 8.42. The van der Waals surface area contributed by atoms with Crippen LogP contribution in [0.1, 0.15) is 15.9 Å². The van der Waals surface area contributed by atoms with Gasteiger partial charge in [-0.25, -0.2) is 12.8 Å². The summed E-state index contributed by atoms with van der Waals surface area (Å²) in [4.78, 5) is 12.4. The van der Waals surface area contributed by atoms with E-state index in [4.69, 9.17) is 16.3 Å². The number of nitrogens with one attached hydrogen (secondary N) is 2. The van der Waals surface area contributed by atoms with Crippen molar-refractivity contribution in [3.05, 3.63) is 82.6 Å². The van der Waals surface area contributed by atoms with Crippen LogP contribution in [0.4, 0.5) is 15.8 Å². The third kappa shape index (κ3) is 4.72. The molecule has 0 aromatic heterocycles. The third-order valence-corrected chi connectivity index (χ3v) is 6.08. The molecule has 0 heterocycles. The third-order valence-electron chi connectivity index (χ3n) is 4.26. The minimum Gasteiger partial charge on any atom is -0.495 e. The molecule has 0 unspecified atom stereocenters. The van der Waals surface area contributed by atoms with E-state index >= 15 is 0 Å². The summed E-state index contributed by atoms with van der Waals surface area (Å²) >= 11 is 5.92. The largest absolute Gasteiger partial charge is 0.495 e. The van der Waals surface area contributed by atoms with E-state index in [1.54, 1.807) is 43.3 Å². The maximum absolute atomic E-state index is 13.2. The summed E-state index contributed by atoms with van der Waals surface area (Å²) in [6, 6.07) is 14.5. The van der Waals surface area contributed by atoms with Crippen molar-refractivity contribution in [1.29, 1.82) is 0 Å². The van der Waals surface area contributed by atoms with Gasteiger partial charge in [0.05, 0.1) is 28.3 Å². The lowest BCUT2D eigenvalue weighted by Gasteiger charge is -2.14. The van der Waals surface area contributed by atoms with Gasteiger partial charge in [0.15, 0.2) is 0 Å². The molecule has 30 heavy (non-hydrogen) atoms. The Kier molecular flexibility index (Phi) is 6.28. The van der Waals surface area contributed by atoms with Gasteiger partial charge in [-0.3, -0.25) is 9.52 Å². The van der Waals surface area contributed by atoms with Crippen molar-refractivity contribution >= 4 is 38.9 Å². The fraction of sp³-hybridized carbons (Fsp3) is 0.0952. The summed E-state index contributed by atoms with van der Waals surface area (Å²) in [5.41, 5.74) is 1.07. The minimum atomic E-state index is -3.97. The lowest BCUT2D eigenvalue weighted by molar-refractivity contribution is 0.102. The fourth-order valence-electron chi connectivity index (χ4n) is 2.77. The number of hydrogen-bond acceptors (Lipinski definition) is 4. The molecule has 0 saturated carbocycles. The second-order valence-electron chi connectivity index (χ2n) is 6.36. The van der Waals surface area contributed by atoms with Gasteiger partial charge in [0.1, 0.15) is 11.6 Å². The average Bonchev–Trinajstić information content (AvgIpc) is 2.69. The summed E-state index contributed by atoms with van der Waals surface area (Å²) in [6.07, 6.45) is 0. The maximum Gasteiger partial charge on any atom is 0.262 e. The predicted molar refractivity (Wildman–Crippen MR) is 114 cm³/mol. The molecule has 0 aliphatic rings. The monoisotopic (exact) mass is 448 g/mol. The lowest BCUT2D eigenvalue weighted by atomic mass is 10.2. The quantitative estimate of drug-likeness (QED) is 0.564. The standard InChI is InChI=1S/C21H18ClFN2O4S/c1-13-7-9-15(24-21(26)16-10-8-14(23)11-17(16)22)12-20(13)30(27,28)25-18-5-3-4-6-19(18)29-2/h3-12,25H,1-2H3,(H,24,26). The van der Waals surface area contributed by atoms with E-state index in [9.17, 15) is 17.6 Å². The van der Waals surface area contributed by atoms with Gasteiger partial charge in [0.25, 0.3) is 15.9 Å². The molecule has 1 amide bonds. The van der Waals surface area contributed by atoms with E-state index in [1.807, 2.05) is 0 Å². The van der Waals surface area contributed by atoms with E-state index in [0.29, 0.717) is 11.3 Å². The molecule has 0 fully saturated rings. The highest BCUT2D eigenvalue weighted by Gasteiger charge is 2.20. The summed E-state index contributed by atoms with van der Waals surface area (Å²) < 4.78 is 46.8. The molecule has 0 aliphatic carbocycles. The van der Waals surface area contributed by atoms with Crippen molar-refractivity contribution in [3.63, 3.8) is 0 Å². The van der Waals surface area contributed by atoms with Gasteiger partial charge in [-0.2, -0.15) is 0 Å². The fourth-order valence-corrected chi connectivity index (χ4v) is 4.36. The molecule has 0 saturated heterocycles. The topological polar surface area (TPSA) is 84.5 Å². The summed E-state index contributed by atoms with van der Waals surface area (Å²) in [5, 5.41) is 2.53. The Labute approximate surface area is 178 Å². The van der Waals surface area contributed by atoms with Crippen LogP contribution in [0.15, 0.2) is 65.6 Å². The Morgan fingerprint density at radius 1 is 1.07 bits per heavy atom. The SMILES string of the molecule is COc1ccccc1NS(=O)(=O)c1cc(NC(=O)c2ccc(F)cc2Cl)ccc1C. The van der Waals surface area contributed by atoms with E-state index in [0.717, 1.165) is 12.1 Å². The van der Waals surface area contributed by atoms with E-state index in [1.165, 1.54) is 19.2 Å². The molecule has 3 aromatic rings. The van der Waals surface area contributed by atoms with E-state index < -0.39 is 21.7 Å². The van der Waals surface area contributed by atoms with Gasteiger partial charge in [-0.15, -0.1) is 0 Å². The van der Waals surface area contributed by atoms with Crippen molar-refractivity contribution in [1.82, 2.24) is 0 Å². The number of ether oxygens (including phenoxy) is 1. The smallest absolute Gasteiger partial charge is 0.262 e. The molecule has 3 rings (SSSR count). The molecule has 3 aromatic carbocycles. The van der Waals surface area contributed by atoms with E-state index in [2.05, 4.69) is 10.0 Å². The number of halogens is 2. The Morgan fingerprint density at radius 2 is 1.80 bits per heavy atom. The molecule has 0 bridgehead atoms. The molecule has 6 nitrogen and oxygen atoms in total. The number of anilines is 2. The summed E-state index contributed by atoms with van der Waals surface area (Å²) in [7, 11) is -2.53. The minimum absolute atomic E-state index is 0.0172. The normalized spacial score (nSPS) is 11.1. The molecular weight excluding hydrogens is 431 g/mol. The Morgan fingerprint density at radius 3 is 2.50 bits per heavy atom. The van der Waals surface area contributed by atoms with Crippen LogP contribution in [0.5, 0.6) is 5.75 Å². The summed E-state index contributed by atoms with van der Waals surface area (Å²) in [6.45, 7) is 1.64. The number of sulfonamides is 1. The van der Waals surface area contributed by atoms with Gasteiger partial charge in [0.2, 0.25) is 0 Å². The number of amides is 1. The van der Waals surface area contributed by atoms with Crippen LogP contribution in [0.25, 0.3) is 0 Å². The van der Waals surface area contributed by atoms with Crippen LogP contribution < -0.4 is 14.8 Å². The van der Waals surface area contributed by atoms with Crippen LogP contribution in [0.3, 0.4) is 0 Å². The summed E-state index contributed by atoms with van der Waals surface area (Å²) in [5.74, 6) is -0.790. The molecule has 9 heteroatoms. The zero-order valence-corrected chi connectivity index (χ0v) is 17.6. The highest BCUT2D eigenvalue weighted by atomic mass is 35.5. The van der Waals surface area contributed by atoms with Crippen molar-refractivity contribution in [2.24, 2.45) is 0 Å². The molecule has 0 spiro atoms. The molecular formula is C21H18ClFN2O4S. The van der Waals surface area contributed by atoms with Gasteiger partial charge in [0, 0.05) is 5.69 Å². The number of benzene rings is 3. The number of carbonyl (C=O) groups excluding carboxylic acids is 1. The van der Waals surface area contributed by atoms with E-state index in [-0.39, 0.29) is 26.9 Å². The average molecular weight is 449 g/mol. The number of rotatable bonds is 6. The van der Waals surface area contributed by atoms with Gasteiger partial charge in [-0.1, -0.05) is 29.8 Å². The number of methoxy groups -OCH3 is 1. The number of para-hydroxylation sites is 2. The number of carbonyl (C=O) groups is 1. The Hall–Kier alpha value is -3.10. The first-order valence-corrected chi connectivity index (χ1v) is 10.6. The molecule has 0 radical (unpaired) electrons. The zero-order chi connectivity index (χ0) is 21.9. The van der Waals surface area contributed by atoms with Gasteiger partial charge >= 0.3 is 0 Å². The first-order chi connectivity index (χ1) is 14.2. The van der Waals surface area contributed by atoms with Crippen LogP contribution in [0, 0.1) is 12.7 Å². The van der Waals surface area contributed by atoms with Crippen LogP contribution in [0.2, 0.25) is 5.02 Å². The molecule has 2 N–H and O–H groups in total. The highest BCUT2D eigenvalue weighted by molar-refractivity contribution is 7.92. The van der Waals surface area contributed by atoms with Crippen molar-refractivity contribution in [3.8, 4) is 5.75 Å². The first kappa shape index (κ1) is 21.6. The van der Waals surface area contributed by atoms with Gasteiger partial charge < -0.3 is 10.1 Å². The van der Waals surface area contributed by atoms with Crippen LogP contribution in [-0.2, 0) is 10.0 Å². The number of hydrogen-bond donors (Lipinski definition) is 2. The Balaban J connectivity index is 1.90. The Bertz CT molecular complexity index is 1220. The maximum atomic E-state index is 13.2. The van der Waals surface area contributed by atoms with Crippen LogP contribution in [-0.4, -0.2) is 21.4 Å². The van der Waals surface area contributed by atoms with Crippen molar-refractivity contribution in [2.45, 2.75) is 11.8 Å². The van der Waals surface area contributed by atoms with Crippen molar-refractivity contribution in [2.75, 3.05) is 17.1 Å². The molecule has 0 atom stereocenters. The zero-order valence-electron chi connectivity index (χ0n) is 16.1. The van der Waals surface area contributed by atoms with Gasteiger partial charge in [-0.05, 0) is 55.0 Å². The predicted octanol–water partition coefficient (Wildman–Crippen LogP) is 4.85. The van der Waals surface area contributed by atoms with Crippen molar-refractivity contribution < 1.29 is 22.3 Å². The number of aryl methyl sites for hydroxylation is 1. The first-order valence-electron chi connectivity index (χ1n) is 8.74. The second kappa shape index (κ2) is 8.73. The lowest BCUT2D eigenvalue weighted by Crippen LogP contribution is -2.17. The molecule has 156 valence electrons.